The molecule has 1 aliphatic rings. The van der Waals surface area contributed by atoms with E-state index in [1.165, 1.54) is 5.56 Å². The summed E-state index contributed by atoms with van der Waals surface area (Å²) in [6.07, 6.45) is 0.563. The molecule has 68 valence electrons. The molecule has 1 aliphatic heterocycles. The van der Waals surface area contributed by atoms with Crippen molar-refractivity contribution in [2.75, 3.05) is 11.9 Å². The van der Waals surface area contributed by atoms with E-state index in [-0.39, 0.29) is 5.91 Å². The van der Waals surface area contributed by atoms with E-state index in [0.29, 0.717) is 6.42 Å². The number of nitrogens with zero attached hydrogens (tertiary/aromatic N) is 1. The van der Waals surface area contributed by atoms with Crippen LogP contribution in [0.5, 0.6) is 0 Å². The van der Waals surface area contributed by atoms with Gasteiger partial charge >= 0.3 is 0 Å². The van der Waals surface area contributed by atoms with Gasteiger partial charge in [0.05, 0.1) is 6.42 Å². The molecule has 0 fully saturated rings. The fourth-order valence-corrected chi connectivity index (χ4v) is 2.04. The van der Waals surface area contributed by atoms with Crippen molar-refractivity contribution in [1.82, 2.24) is 0 Å². The van der Waals surface area contributed by atoms with Gasteiger partial charge in [-0.25, -0.2) is 0 Å². The number of hydrogen-bond donors (Lipinski definition) is 0. The van der Waals surface area contributed by atoms with Gasteiger partial charge in [-0.05, 0) is 17.2 Å². The monoisotopic (exact) mass is 287 g/mol. The maximum atomic E-state index is 11.4. The Morgan fingerprint density at radius 3 is 3.00 bits per heavy atom. The first-order valence-electron chi connectivity index (χ1n) is 4.16. The summed E-state index contributed by atoms with van der Waals surface area (Å²) in [4.78, 5) is 13.1. The molecule has 0 saturated heterocycles. The third-order valence-electron chi connectivity index (χ3n) is 2.38. The molecule has 1 aromatic rings. The molecule has 0 spiro atoms. The predicted octanol–water partition coefficient (Wildman–Crippen LogP) is 2.14. The van der Waals surface area contributed by atoms with Gasteiger partial charge in [0.25, 0.3) is 0 Å². The highest BCUT2D eigenvalue weighted by atomic mass is 127. The van der Waals surface area contributed by atoms with E-state index in [4.69, 9.17) is 0 Å². The van der Waals surface area contributed by atoms with Crippen LogP contribution < -0.4 is 4.90 Å². The van der Waals surface area contributed by atoms with E-state index in [1.54, 1.807) is 4.90 Å². The van der Waals surface area contributed by atoms with Crippen LogP contribution in [0, 0.1) is 0 Å². The number of halogens is 1. The molecule has 0 bridgehead atoms. The van der Waals surface area contributed by atoms with Crippen molar-refractivity contribution in [1.29, 1.82) is 0 Å². The van der Waals surface area contributed by atoms with Gasteiger partial charge in [0, 0.05) is 17.2 Å². The Morgan fingerprint density at radius 1 is 1.54 bits per heavy atom. The van der Waals surface area contributed by atoms with Crippen molar-refractivity contribution in [3.8, 4) is 0 Å². The first-order valence-corrected chi connectivity index (χ1v) is 5.69. The highest BCUT2D eigenvalue weighted by Gasteiger charge is 2.23. The fourth-order valence-electron chi connectivity index (χ4n) is 1.57. The van der Waals surface area contributed by atoms with Gasteiger partial charge in [0.15, 0.2) is 0 Å². The Kier molecular flexibility index (Phi) is 2.27. The Labute approximate surface area is 91.1 Å². The number of hydrogen-bond acceptors (Lipinski definition) is 1. The van der Waals surface area contributed by atoms with E-state index >= 15 is 0 Å². The minimum absolute atomic E-state index is 0.195. The summed E-state index contributed by atoms with van der Waals surface area (Å²) < 4.78 is 0.993. The molecule has 1 aromatic carbocycles. The van der Waals surface area contributed by atoms with E-state index in [1.807, 2.05) is 7.05 Å². The van der Waals surface area contributed by atoms with Crippen molar-refractivity contribution in [2.45, 2.75) is 10.8 Å². The zero-order chi connectivity index (χ0) is 9.42. The van der Waals surface area contributed by atoms with Crippen LogP contribution in [0.25, 0.3) is 0 Å². The molecule has 1 heterocycles. The van der Waals surface area contributed by atoms with Gasteiger partial charge in [0.1, 0.15) is 0 Å². The van der Waals surface area contributed by atoms with Crippen LogP contribution in [0.4, 0.5) is 5.69 Å². The number of anilines is 1. The highest BCUT2D eigenvalue weighted by Crippen LogP contribution is 2.28. The number of benzene rings is 1. The van der Waals surface area contributed by atoms with Gasteiger partial charge in [0.2, 0.25) is 5.91 Å². The summed E-state index contributed by atoms with van der Waals surface area (Å²) in [5.41, 5.74) is 3.51. The van der Waals surface area contributed by atoms with Gasteiger partial charge in [-0.2, -0.15) is 0 Å². The number of alkyl halides is 1. The molecule has 1 amide bonds. The molecule has 2 nitrogen and oxygen atoms in total. The SMILES string of the molecule is CN1C(=O)Cc2ccc(CI)cc21. The van der Waals surface area contributed by atoms with E-state index in [0.717, 1.165) is 15.7 Å². The number of likely N-dealkylation sites (N-methyl/N-ethyl adjacent to an activating group) is 1. The smallest absolute Gasteiger partial charge is 0.231 e. The molecule has 13 heavy (non-hydrogen) atoms. The van der Waals surface area contributed by atoms with Crippen LogP contribution >= 0.6 is 22.6 Å². The summed E-state index contributed by atoms with van der Waals surface area (Å²) >= 11 is 2.33. The van der Waals surface area contributed by atoms with Crippen LogP contribution in [0.2, 0.25) is 0 Å². The molecule has 0 aromatic heterocycles. The second kappa shape index (κ2) is 3.29. The topological polar surface area (TPSA) is 20.3 Å². The Balaban J connectivity index is 2.47. The summed E-state index contributed by atoms with van der Waals surface area (Å²) in [7, 11) is 1.84. The fraction of sp³-hybridized carbons (Fsp3) is 0.300. The summed E-state index contributed by atoms with van der Waals surface area (Å²) in [6.45, 7) is 0. The lowest BCUT2D eigenvalue weighted by Crippen LogP contribution is -2.20. The Morgan fingerprint density at radius 2 is 2.31 bits per heavy atom. The quantitative estimate of drug-likeness (QED) is 0.572. The lowest BCUT2D eigenvalue weighted by atomic mass is 10.1. The molecule has 3 heteroatoms. The summed E-state index contributed by atoms with van der Waals surface area (Å²) in [6, 6.07) is 6.26. The second-order valence-corrected chi connectivity index (χ2v) is 3.99. The third kappa shape index (κ3) is 1.45. The maximum Gasteiger partial charge on any atom is 0.231 e. The van der Waals surface area contributed by atoms with E-state index in [2.05, 4.69) is 40.8 Å². The number of rotatable bonds is 1. The average molecular weight is 287 g/mol. The minimum atomic E-state index is 0.195. The molecule has 0 atom stereocenters. The number of amides is 1. The zero-order valence-corrected chi connectivity index (χ0v) is 9.54. The normalized spacial score (nSPS) is 14.9. The van der Waals surface area contributed by atoms with Crippen molar-refractivity contribution in [3.05, 3.63) is 29.3 Å². The first kappa shape index (κ1) is 8.99. The van der Waals surface area contributed by atoms with Crippen molar-refractivity contribution in [2.24, 2.45) is 0 Å². The maximum absolute atomic E-state index is 11.4. The summed E-state index contributed by atoms with van der Waals surface area (Å²) in [5.74, 6) is 0.195. The summed E-state index contributed by atoms with van der Waals surface area (Å²) in [5, 5.41) is 0. The average Bonchev–Trinajstić information content (AvgIpc) is 2.43. The molecule has 0 unspecified atom stereocenters. The molecular weight excluding hydrogens is 277 g/mol. The van der Waals surface area contributed by atoms with E-state index in [9.17, 15) is 4.79 Å². The highest BCUT2D eigenvalue weighted by molar-refractivity contribution is 14.1. The molecule has 0 N–H and O–H groups in total. The second-order valence-electron chi connectivity index (χ2n) is 3.23. The minimum Gasteiger partial charge on any atom is -0.315 e. The lowest BCUT2D eigenvalue weighted by Gasteiger charge is -2.10. The first-order chi connectivity index (χ1) is 6.22. The molecule has 0 radical (unpaired) electrons. The standard InChI is InChI=1S/C10H10INO/c1-12-9-4-7(6-11)2-3-8(9)5-10(12)13/h2-4H,5-6H2,1H3. The van der Waals surface area contributed by atoms with Crippen LogP contribution in [0.15, 0.2) is 18.2 Å². The van der Waals surface area contributed by atoms with Gasteiger partial charge < -0.3 is 4.90 Å². The van der Waals surface area contributed by atoms with Gasteiger partial charge in [-0.3, -0.25) is 4.79 Å². The van der Waals surface area contributed by atoms with Crippen molar-refractivity contribution < 1.29 is 4.79 Å². The molecule has 0 saturated carbocycles. The van der Waals surface area contributed by atoms with Gasteiger partial charge in [-0.15, -0.1) is 0 Å². The van der Waals surface area contributed by atoms with Crippen molar-refractivity contribution in [3.63, 3.8) is 0 Å². The number of fused-ring (bicyclic) bond motifs is 1. The third-order valence-corrected chi connectivity index (χ3v) is 3.26. The molecular formula is C10H10INO. The van der Waals surface area contributed by atoms with Crippen LogP contribution in [-0.2, 0) is 15.6 Å². The zero-order valence-electron chi connectivity index (χ0n) is 7.38. The van der Waals surface area contributed by atoms with Gasteiger partial charge in [-0.1, -0.05) is 34.7 Å². The molecule has 2 rings (SSSR count). The van der Waals surface area contributed by atoms with Crippen LogP contribution in [-0.4, -0.2) is 13.0 Å². The largest absolute Gasteiger partial charge is 0.315 e. The lowest BCUT2D eigenvalue weighted by molar-refractivity contribution is -0.117. The van der Waals surface area contributed by atoms with E-state index < -0.39 is 0 Å². The van der Waals surface area contributed by atoms with Crippen molar-refractivity contribution >= 4 is 34.2 Å². The number of carbonyl (C=O) groups excluding carboxylic acids is 1. The predicted molar refractivity (Wildman–Crippen MR) is 61.3 cm³/mol. The molecule has 0 aliphatic carbocycles. The Bertz CT molecular complexity index is 362. The van der Waals surface area contributed by atoms with Crippen LogP contribution in [0.1, 0.15) is 11.1 Å². The van der Waals surface area contributed by atoms with Crippen LogP contribution in [0.3, 0.4) is 0 Å². The Hall–Kier alpha value is -0.580. The number of carbonyl (C=O) groups is 1.